The van der Waals surface area contributed by atoms with Crippen molar-refractivity contribution in [3.63, 3.8) is 0 Å². The van der Waals surface area contributed by atoms with E-state index >= 15 is 0 Å². The summed E-state index contributed by atoms with van der Waals surface area (Å²) in [7, 11) is 0. The fourth-order valence-electron chi connectivity index (χ4n) is 2.77. The number of amides is 3. The highest BCUT2D eigenvalue weighted by molar-refractivity contribution is 5.97. The summed E-state index contributed by atoms with van der Waals surface area (Å²) in [6.45, 7) is 3.21. The van der Waals surface area contributed by atoms with Crippen LogP contribution in [0.3, 0.4) is 0 Å². The van der Waals surface area contributed by atoms with Crippen LogP contribution in [0.15, 0.2) is 30.3 Å². The summed E-state index contributed by atoms with van der Waals surface area (Å²) in [5.41, 5.74) is 0. The van der Waals surface area contributed by atoms with Crippen LogP contribution in [-0.4, -0.2) is 36.2 Å². The van der Waals surface area contributed by atoms with Gasteiger partial charge >= 0.3 is 12.0 Å². The lowest BCUT2D eigenvalue weighted by atomic mass is 10.2. The van der Waals surface area contributed by atoms with Gasteiger partial charge in [0.15, 0.2) is 12.2 Å². The third-order valence-electron chi connectivity index (χ3n) is 4.24. The molecule has 0 saturated heterocycles. The van der Waals surface area contributed by atoms with Crippen molar-refractivity contribution < 1.29 is 23.9 Å². The standard InChI is InChI=1S/C19H26N2O5/c1-3-16(26-15-11-5-4-6-12-15)18(23)25-13(2)17(22)21-19(24)20-14-9-7-8-10-14/h4-6,11-14,16H,3,7-10H2,1-2H3,(H2,20,21,22,24)/t13-,16+/m1/s1. The van der Waals surface area contributed by atoms with Crippen LogP contribution >= 0.6 is 0 Å². The molecule has 7 heteroatoms. The number of rotatable bonds is 7. The summed E-state index contributed by atoms with van der Waals surface area (Å²) in [4.78, 5) is 36.1. The lowest BCUT2D eigenvalue weighted by molar-refractivity contribution is -0.161. The zero-order chi connectivity index (χ0) is 18.9. The van der Waals surface area contributed by atoms with Gasteiger partial charge < -0.3 is 14.8 Å². The highest BCUT2D eigenvalue weighted by Crippen LogP contribution is 2.17. The van der Waals surface area contributed by atoms with E-state index in [1.165, 1.54) is 6.92 Å². The Labute approximate surface area is 153 Å². The molecule has 2 atom stereocenters. The quantitative estimate of drug-likeness (QED) is 0.727. The van der Waals surface area contributed by atoms with Crippen LogP contribution in [-0.2, 0) is 14.3 Å². The molecule has 0 heterocycles. The number of para-hydroxylation sites is 1. The molecule has 0 radical (unpaired) electrons. The van der Waals surface area contributed by atoms with Crippen molar-refractivity contribution in [1.29, 1.82) is 0 Å². The minimum atomic E-state index is -1.09. The maximum absolute atomic E-state index is 12.2. The SMILES string of the molecule is CC[C@H](Oc1ccccc1)C(=O)O[C@H](C)C(=O)NC(=O)NC1CCCC1. The van der Waals surface area contributed by atoms with Gasteiger partial charge in [-0.25, -0.2) is 9.59 Å². The van der Waals surface area contributed by atoms with Crippen molar-refractivity contribution in [3.8, 4) is 5.75 Å². The van der Waals surface area contributed by atoms with Gasteiger partial charge in [0.05, 0.1) is 0 Å². The molecule has 0 spiro atoms. The molecule has 1 fully saturated rings. The molecule has 2 rings (SSSR count). The van der Waals surface area contributed by atoms with E-state index in [0.29, 0.717) is 12.2 Å². The van der Waals surface area contributed by atoms with Crippen LogP contribution in [0.5, 0.6) is 5.75 Å². The molecular formula is C19H26N2O5. The largest absolute Gasteiger partial charge is 0.479 e. The molecule has 142 valence electrons. The smallest absolute Gasteiger partial charge is 0.348 e. The molecule has 3 amide bonds. The van der Waals surface area contributed by atoms with E-state index in [4.69, 9.17) is 9.47 Å². The first kappa shape index (κ1) is 19.8. The minimum absolute atomic E-state index is 0.101. The fraction of sp³-hybridized carbons (Fsp3) is 0.526. The summed E-state index contributed by atoms with van der Waals surface area (Å²) < 4.78 is 10.7. The molecule has 1 aromatic carbocycles. The molecule has 2 N–H and O–H groups in total. The average Bonchev–Trinajstić information content (AvgIpc) is 3.13. The number of nitrogens with one attached hydrogen (secondary N) is 2. The molecule has 1 aromatic rings. The van der Waals surface area contributed by atoms with Gasteiger partial charge in [0.2, 0.25) is 0 Å². The summed E-state index contributed by atoms with van der Waals surface area (Å²) in [5.74, 6) is -0.761. The predicted octanol–water partition coefficient (Wildman–Crippen LogP) is 2.54. The Morgan fingerprint density at radius 2 is 1.81 bits per heavy atom. The van der Waals surface area contributed by atoms with Crippen LogP contribution in [0.4, 0.5) is 4.79 Å². The van der Waals surface area contributed by atoms with Crippen LogP contribution in [0, 0.1) is 0 Å². The van der Waals surface area contributed by atoms with Gasteiger partial charge in [0.25, 0.3) is 5.91 Å². The third kappa shape index (κ3) is 6.06. The number of benzene rings is 1. The number of hydrogen-bond acceptors (Lipinski definition) is 5. The lowest BCUT2D eigenvalue weighted by Crippen LogP contribution is -2.48. The molecule has 0 aliphatic heterocycles. The number of esters is 1. The first-order valence-electron chi connectivity index (χ1n) is 9.03. The molecule has 1 aliphatic carbocycles. The Kier molecular flexibility index (Phi) is 7.44. The second kappa shape index (κ2) is 9.79. The van der Waals surface area contributed by atoms with Crippen LogP contribution in [0.25, 0.3) is 0 Å². The molecule has 26 heavy (non-hydrogen) atoms. The zero-order valence-corrected chi connectivity index (χ0v) is 15.2. The van der Waals surface area contributed by atoms with E-state index in [1.807, 2.05) is 6.07 Å². The number of ether oxygens (including phenoxy) is 2. The summed E-state index contributed by atoms with van der Waals surface area (Å²) >= 11 is 0. The fourth-order valence-corrected chi connectivity index (χ4v) is 2.77. The van der Waals surface area contributed by atoms with Crippen molar-refractivity contribution >= 4 is 17.9 Å². The van der Waals surface area contributed by atoms with Gasteiger partial charge in [-0.15, -0.1) is 0 Å². The molecule has 0 bridgehead atoms. The summed E-state index contributed by atoms with van der Waals surface area (Å²) in [6.07, 6.45) is 2.47. The highest BCUT2D eigenvalue weighted by atomic mass is 16.6. The normalized spacial score (nSPS) is 16.4. The molecule has 1 saturated carbocycles. The van der Waals surface area contributed by atoms with E-state index in [9.17, 15) is 14.4 Å². The first-order valence-corrected chi connectivity index (χ1v) is 9.03. The van der Waals surface area contributed by atoms with Gasteiger partial charge in [-0.3, -0.25) is 10.1 Å². The van der Waals surface area contributed by atoms with Gasteiger partial charge in [-0.1, -0.05) is 38.0 Å². The maximum Gasteiger partial charge on any atom is 0.348 e. The predicted molar refractivity (Wildman–Crippen MR) is 95.6 cm³/mol. The van der Waals surface area contributed by atoms with E-state index in [1.54, 1.807) is 31.2 Å². The Morgan fingerprint density at radius 3 is 2.42 bits per heavy atom. The van der Waals surface area contributed by atoms with Crippen molar-refractivity contribution in [3.05, 3.63) is 30.3 Å². The molecule has 0 unspecified atom stereocenters. The summed E-state index contributed by atoms with van der Waals surface area (Å²) in [6, 6.07) is 8.45. The van der Waals surface area contributed by atoms with Crippen LogP contribution < -0.4 is 15.4 Å². The van der Waals surface area contributed by atoms with Crippen molar-refractivity contribution in [2.45, 2.75) is 64.2 Å². The highest BCUT2D eigenvalue weighted by Gasteiger charge is 2.27. The van der Waals surface area contributed by atoms with Gasteiger partial charge in [-0.2, -0.15) is 0 Å². The number of carbonyl (C=O) groups excluding carboxylic acids is 3. The minimum Gasteiger partial charge on any atom is -0.479 e. The molecule has 1 aliphatic rings. The topological polar surface area (TPSA) is 93.7 Å². The van der Waals surface area contributed by atoms with Crippen LogP contribution in [0.1, 0.15) is 46.0 Å². The lowest BCUT2D eigenvalue weighted by Gasteiger charge is -2.19. The zero-order valence-electron chi connectivity index (χ0n) is 15.2. The number of carbonyl (C=O) groups is 3. The second-order valence-corrected chi connectivity index (χ2v) is 6.35. The molecular weight excluding hydrogens is 336 g/mol. The Hall–Kier alpha value is -2.57. The van der Waals surface area contributed by atoms with E-state index < -0.39 is 30.1 Å². The number of imide groups is 1. The van der Waals surface area contributed by atoms with Gasteiger partial charge in [0, 0.05) is 6.04 Å². The number of urea groups is 1. The third-order valence-corrected chi connectivity index (χ3v) is 4.24. The number of hydrogen-bond donors (Lipinski definition) is 2. The van der Waals surface area contributed by atoms with Crippen molar-refractivity contribution in [1.82, 2.24) is 10.6 Å². The average molecular weight is 362 g/mol. The van der Waals surface area contributed by atoms with Crippen LogP contribution in [0.2, 0.25) is 0 Å². The Balaban J connectivity index is 1.80. The monoisotopic (exact) mass is 362 g/mol. The van der Waals surface area contributed by atoms with Crippen molar-refractivity contribution in [2.24, 2.45) is 0 Å². The first-order chi connectivity index (χ1) is 12.5. The molecule has 7 nitrogen and oxygen atoms in total. The molecule has 0 aromatic heterocycles. The Bertz CT molecular complexity index is 614. The Morgan fingerprint density at radius 1 is 1.15 bits per heavy atom. The van der Waals surface area contributed by atoms with Gasteiger partial charge in [-0.05, 0) is 38.3 Å². The van der Waals surface area contributed by atoms with Gasteiger partial charge in [0.1, 0.15) is 5.75 Å². The van der Waals surface area contributed by atoms with E-state index in [-0.39, 0.29) is 6.04 Å². The van der Waals surface area contributed by atoms with E-state index in [0.717, 1.165) is 25.7 Å². The van der Waals surface area contributed by atoms with Crippen molar-refractivity contribution in [2.75, 3.05) is 0 Å². The van der Waals surface area contributed by atoms with E-state index in [2.05, 4.69) is 10.6 Å². The summed E-state index contributed by atoms with van der Waals surface area (Å²) in [5, 5.41) is 4.96. The second-order valence-electron chi connectivity index (χ2n) is 6.35. The maximum atomic E-state index is 12.2.